The third-order valence-corrected chi connectivity index (χ3v) is 7.33. The number of hydrogen-bond donors (Lipinski definition) is 1. The second kappa shape index (κ2) is 10.3. The molecule has 1 heterocycles. The number of hydrogen-bond acceptors (Lipinski definition) is 5. The van der Waals surface area contributed by atoms with Crippen LogP contribution in [0.25, 0.3) is 0 Å². The first kappa shape index (κ1) is 25.2. The van der Waals surface area contributed by atoms with E-state index in [2.05, 4.69) is 4.98 Å². The van der Waals surface area contributed by atoms with E-state index in [0.29, 0.717) is 11.4 Å². The van der Waals surface area contributed by atoms with Crippen molar-refractivity contribution in [2.24, 2.45) is 5.92 Å². The standard InChI is InChI=1S/C26H30N2O5S/c1-17(2)15-28(34(31,32)23-7-6-10-27-14-23)24-12-18(3)19(4)13-25(24)33-16-22-9-8-21(26(29)30)11-20(22)5/h6-14,17H,15-16H2,1-5H3,(H,29,30). The number of carboxylic acids is 1. The molecule has 3 rings (SSSR count). The maximum atomic E-state index is 13.6. The van der Waals surface area contributed by atoms with Crippen molar-refractivity contribution in [3.05, 3.63) is 82.7 Å². The van der Waals surface area contributed by atoms with E-state index in [4.69, 9.17) is 4.74 Å². The SMILES string of the molecule is Cc1cc(OCc2ccc(C(=O)O)cc2C)c(N(CC(C)C)S(=O)(=O)c2cccnc2)cc1C. The van der Waals surface area contributed by atoms with Gasteiger partial charge in [-0.1, -0.05) is 19.9 Å². The second-order valence-electron chi connectivity index (χ2n) is 8.76. The van der Waals surface area contributed by atoms with E-state index < -0.39 is 16.0 Å². The van der Waals surface area contributed by atoms with Crippen molar-refractivity contribution in [1.29, 1.82) is 0 Å². The molecule has 0 aliphatic rings. The van der Waals surface area contributed by atoms with Crippen molar-refractivity contribution < 1.29 is 23.1 Å². The van der Waals surface area contributed by atoms with E-state index in [1.54, 1.807) is 18.2 Å². The van der Waals surface area contributed by atoms with Crippen LogP contribution in [0, 0.1) is 26.7 Å². The maximum Gasteiger partial charge on any atom is 0.335 e. The van der Waals surface area contributed by atoms with Crippen LogP contribution in [-0.2, 0) is 16.6 Å². The Balaban J connectivity index is 2.04. The molecular formula is C26H30N2O5S. The first-order chi connectivity index (χ1) is 16.0. The lowest BCUT2D eigenvalue weighted by atomic mass is 10.1. The van der Waals surface area contributed by atoms with E-state index >= 15 is 0 Å². The second-order valence-corrected chi connectivity index (χ2v) is 10.6. The molecule has 8 heteroatoms. The molecule has 1 N–H and O–H groups in total. The summed E-state index contributed by atoms with van der Waals surface area (Å²) < 4.78 is 34.8. The fourth-order valence-corrected chi connectivity index (χ4v) is 5.11. The highest BCUT2D eigenvalue weighted by atomic mass is 32.2. The summed E-state index contributed by atoms with van der Waals surface area (Å²) in [5.41, 5.74) is 4.19. The van der Waals surface area contributed by atoms with Crippen LogP contribution in [0.3, 0.4) is 0 Å². The van der Waals surface area contributed by atoms with Crippen LogP contribution in [0.1, 0.15) is 46.5 Å². The van der Waals surface area contributed by atoms with E-state index in [1.807, 2.05) is 46.8 Å². The van der Waals surface area contributed by atoms with Crippen molar-refractivity contribution in [2.75, 3.05) is 10.8 Å². The Morgan fingerprint density at radius 2 is 1.76 bits per heavy atom. The molecular weight excluding hydrogens is 452 g/mol. The fraction of sp³-hybridized carbons (Fsp3) is 0.308. The lowest BCUT2D eigenvalue weighted by Gasteiger charge is -2.28. The van der Waals surface area contributed by atoms with Crippen LogP contribution >= 0.6 is 0 Å². The van der Waals surface area contributed by atoms with Gasteiger partial charge in [-0.15, -0.1) is 0 Å². The van der Waals surface area contributed by atoms with E-state index in [-0.39, 0.29) is 29.5 Å². The van der Waals surface area contributed by atoms with Crippen LogP contribution in [0.2, 0.25) is 0 Å². The van der Waals surface area contributed by atoms with Crippen LogP contribution < -0.4 is 9.04 Å². The van der Waals surface area contributed by atoms with Gasteiger partial charge in [0, 0.05) is 18.9 Å². The number of ether oxygens (including phenoxy) is 1. The zero-order valence-corrected chi connectivity index (χ0v) is 20.9. The largest absolute Gasteiger partial charge is 0.487 e. The Morgan fingerprint density at radius 1 is 1.06 bits per heavy atom. The number of sulfonamides is 1. The average Bonchev–Trinajstić information content (AvgIpc) is 2.79. The van der Waals surface area contributed by atoms with Crippen LogP contribution in [0.5, 0.6) is 5.75 Å². The maximum absolute atomic E-state index is 13.6. The topological polar surface area (TPSA) is 96.8 Å². The van der Waals surface area contributed by atoms with Crippen molar-refractivity contribution in [3.63, 3.8) is 0 Å². The fourth-order valence-electron chi connectivity index (χ4n) is 3.52. The summed E-state index contributed by atoms with van der Waals surface area (Å²) in [6, 6.07) is 11.7. The normalized spacial score (nSPS) is 11.5. The molecule has 180 valence electrons. The third kappa shape index (κ3) is 5.56. The number of carbonyl (C=O) groups is 1. The molecule has 7 nitrogen and oxygen atoms in total. The van der Waals surface area contributed by atoms with Crippen molar-refractivity contribution in [3.8, 4) is 5.75 Å². The molecule has 3 aromatic rings. The summed E-state index contributed by atoms with van der Waals surface area (Å²) in [4.78, 5) is 15.3. The molecule has 0 atom stereocenters. The van der Waals surface area contributed by atoms with Gasteiger partial charge >= 0.3 is 5.97 Å². The number of benzene rings is 2. The zero-order valence-electron chi connectivity index (χ0n) is 20.1. The first-order valence-electron chi connectivity index (χ1n) is 11.0. The Labute approximate surface area is 201 Å². The smallest absolute Gasteiger partial charge is 0.335 e. The molecule has 0 amide bonds. The number of rotatable bonds is 9. The highest BCUT2D eigenvalue weighted by Crippen LogP contribution is 2.36. The summed E-state index contributed by atoms with van der Waals surface area (Å²) in [7, 11) is -3.88. The number of pyridine rings is 1. The number of aromatic nitrogens is 1. The Hall–Kier alpha value is -3.39. The van der Waals surface area contributed by atoms with Gasteiger partial charge in [-0.25, -0.2) is 13.2 Å². The Kier molecular flexibility index (Phi) is 7.61. The molecule has 1 aromatic heterocycles. The van der Waals surface area contributed by atoms with Crippen molar-refractivity contribution in [1.82, 2.24) is 4.98 Å². The average molecular weight is 483 g/mol. The molecule has 0 spiro atoms. The number of carboxylic acid groups (broad SMARTS) is 1. The van der Waals surface area contributed by atoms with Gasteiger partial charge in [0.25, 0.3) is 10.0 Å². The quantitative estimate of drug-likeness (QED) is 0.454. The number of aryl methyl sites for hydroxylation is 3. The van der Waals surface area contributed by atoms with Crippen LogP contribution in [0.15, 0.2) is 59.8 Å². The van der Waals surface area contributed by atoms with Crippen molar-refractivity contribution in [2.45, 2.75) is 46.1 Å². The van der Waals surface area contributed by atoms with Gasteiger partial charge in [0.15, 0.2) is 0 Å². The predicted molar refractivity (Wildman–Crippen MR) is 132 cm³/mol. The lowest BCUT2D eigenvalue weighted by Crippen LogP contribution is -2.34. The van der Waals surface area contributed by atoms with E-state index in [1.165, 1.54) is 28.8 Å². The van der Waals surface area contributed by atoms with Gasteiger partial charge in [0.2, 0.25) is 0 Å². The molecule has 0 saturated heterocycles. The third-order valence-electron chi connectivity index (χ3n) is 5.57. The molecule has 0 bridgehead atoms. The summed E-state index contributed by atoms with van der Waals surface area (Å²) in [6.07, 6.45) is 2.88. The highest BCUT2D eigenvalue weighted by Gasteiger charge is 2.29. The molecule has 0 aliphatic carbocycles. The molecule has 0 saturated carbocycles. The first-order valence-corrected chi connectivity index (χ1v) is 12.4. The molecule has 0 fully saturated rings. The van der Waals surface area contributed by atoms with Gasteiger partial charge < -0.3 is 9.84 Å². The Morgan fingerprint density at radius 3 is 2.35 bits per heavy atom. The number of nitrogens with zero attached hydrogens (tertiary/aromatic N) is 2. The van der Waals surface area contributed by atoms with Gasteiger partial charge in [0.1, 0.15) is 17.3 Å². The molecule has 0 unspecified atom stereocenters. The minimum absolute atomic E-state index is 0.0618. The van der Waals surface area contributed by atoms with Gasteiger partial charge in [-0.05, 0) is 85.3 Å². The van der Waals surface area contributed by atoms with Gasteiger partial charge in [0.05, 0.1) is 11.3 Å². The number of anilines is 1. The minimum Gasteiger partial charge on any atom is -0.487 e. The van der Waals surface area contributed by atoms with Gasteiger partial charge in [-0.2, -0.15) is 0 Å². The van der Waals surface area contributed by atoms with Gasteiger partial charge in [-0.3, -0.25) is 9.29 Å². The number of aromatic carboxylic acids is 1. The summed E-state index contributed by atoms with van der Waals surface area (Å²) in [5.74, 6) is -0.485. The molecule has 0 radical (unpaired) electrons. The lowest BCUT2D eigenvalue weighted by molar-refractivity contribution is 0.0696. The monoisotopic (exact) mass is 482 g/mol. The van der Waals surface area contributed by atoms with Crippen molar-refractivity contribution >= 4 is 21.7 Å². The zero-order chi connectivity index (χ0) is 25.0. The summed E-state index contributed by atoms with van der Waals surface area (Å²) in [6.45, 7) is 10.1. The van der Waals surface area contributed by atoms with Crippen LogP contribution in [0.4, 0.5) is 5.69 Å². The molecule has 34 heavy (non-hydrogen) atoms. The molecule has 0 aliphatic heterocycles. The Bertz CT molecular complexity index is 1290. The summed E-state index contributed by atoms with van der Waals surface area (Å²) >= 11 is 0. The van der Waals surface area contributed by atoms with E-state index in [0.717, 1.165) is 22.3 Å². The van der Waals surface area contributed by atoms with Crippen LogP contribution in [-0.4, -0.2) is 31.0 Å². The highest BCUT2D eigenvalue weighted by molar-refractivity contribution is 7.92. The predicted octanol–water partition coefficient (Wildman–Crippen LogP) is 5.14. The minimum atomic E-state index is -3.88. The molecule has 2 aromatic carbocycles. The summed E-state index contributed by atoms with van der Waals surface area (Å²) in [5, 5.41) is 9.21. The van der Waals surface area contributed by atoms with E-state index in [9.17, 15) is 18.3 Å².